The molecular weight excluding hydrogens is 291 g/mol. The largest absolute Gasteiger partial charge is 0.297 e. The predicted octanol–water partition coefficient (Wildman–Crippen LogP) is 3.28. The molecule has 3 rings (SSSR count). The van der Waals surface area contributed by atoms with Crippen LogP contribution in [0.4, 0.5) is 4.39 Å². The van der Waals surface area contributed by atoms with E-state index in [1.807, 2.05) is 0 Å². The van der Waals surface area contributed by atoms with Gasteiger partial charge in [-0.3, -0.25) is 4.90 Å². The van der Waals surface area contributed by atoms with E-state index in [1.165, 1.54) is 25.2 Å². The molecule has 2 heterocycles. The van der Waals surface area contributed by atoms with Gasteiger partial charge in [-0.1, -0.05) is 24.1 Å². The lowest BCUT2D eigenvalue weighted by Crippen LogP contribution is -2.32. The second kappa shape index (κ2) is 6.12. The van der Waals surface area contributed by atoms with Crippen LogP contribution < -0.4 is 0 Å². The molecule has 1 aromatic heterocycles. The molecule has 1 aromatic carbocycles. The molecule has 1 unspecified atom stereocenters. The first-order valence-corrected chi connectivity index (χ1v) is 7.55. The third kappa shape index (κ3) is 2.94. The lowest BCUT2D eigenvalue weighted by atomic mass is 10.0. The molecule has 1 atom stereocenters. The van der Waals surface area contributed by atoms with Crippen LogP contribution in [0.25, 0.3) is 0 Å². The predicted molar refractivity (Wildman–Crippen MR) is 79.8 cm³/mol. The van der Waals surface area contributed by atoms with E-state index in [1.54, 1.807) is 16.8 Å². The summed E-state index contributed by atoms with van der Waals surface area (Å²) in [6.07, 6.45) is 4.98. The lowest BCUT2D eigenvalue weighted by Gasteiger charge is -2.31. The van der Waals surface area contributed by atoms with E-state index in [2.05, 4.69) is 22.0 Å². The highest BCUT2D eigenvalue weighted by molar-refractivity contribution is 6.31. The van der Waals surface area contributed by atoms with E-state index in [0.717, 1.165) is 18.8 Å². The number of nitrogens with zero attached hydrogens (tertiary/aromatic N) is 4. The van der Waals surface area contributed by atoms with E-state index >= 15 is 0 Å². The third-order valence-electron chi connectivity index (χ3n) is 4.08. The van der Waals surface area contributed by atoms with Crippen molar-refractivity contribution in [3.8, 4) is 0 Å². The summed E-state index contributed by atoms with van der Waals surface area (Å²) in [6, 6.07) is 4.97. The molecule has 0 radical (unpaired) electrons. The molecule has 4 nitrogen and oxygen atoms in total. The quantitative estimate of drug-likeness (QED) is 0.872. The van der Waals surface area contributed by atoms with Crippen molar-refractivity contribution in [3.63, 3.8) is 0 Å². The molecule has 0 spiro atoms. The third-order valence-corrected chi connectivity index (χ3v) is 4.44. The topological polar surface area (TPSA) is 34.0 Å². The normalized spacial score (nSPS) is 19.9. The van der Waals surface area contributed by atoms with Crippen LogP contribution in [0.5, 0.6) is 0 Å². The molecule has 1 fully saturated rings. The van der Waals surface area contributed by atoms with Crippen LogP contribution in [-0.2, 0) is 6.54 Å². The Hall–Kier alpha value is -1.46. The summed E-state index contributed by atoms with van der Waals surface area (Å²) in [5, 5.41) is 4.68. The minimum atomic E-state index is -0.305. The van der Waals surface area contributed by atoms with Gasteiger partial charge in [0.05, 0.1) is 12.6 Å². The number of piperidine rings is 1. The van der Waals surface area contributed by atoms with Crippen LogP contribution in [0, 0.1) is 5.82 Å². The number of likely N-dealkylation sites (tertiary alicyclic amines) is 1. The summed E-state index contributed by atoms with van der Waals surface area (Å²) in [4.78, 5) is 6.68. The van der Waals surface area contributed by atoms with Crippen LogP contribution in [0.15, 0.2) is 24.5 Å². The molecule has 21 heavy (non-hydrogen) atoms. The zero-order valence-corrected chi connectivity index (χ0v) is 12.7. The van der Waals surface area contributed by atoms with Gasteiger partial charge in [-0.15, -0.1) is 0 Å². The Morgan fingerprint density at radius 2 is 2.24 bits per heavy atom. The highest BCUT2D eigenvalue weighted by Gasteiger charge is 2.25. The molecule has 0 bridgehead atoms. The Morgan fingerprint density at radius 1 is 1.38 bits per heavy atom. The number of hydrogen-bond acceptors (Lipinski definition) is 3. The van der Waals surface area contributed by atoms with E-state index in [4.69, 9.17) is 11.6 Å². The highest BCUT2D eigenvalue weighted by atomic mass is 35.5. The first-order chi connectivity index (χ1) is 10.2. The van der Waals surface area contributed by atoms with Gasteiger partial charge in [-0.25, -0.2) is 14.1 Å². The molecule has 2 aromatic rings. The van der Waals surface area contributed by atoms with E-state index < -0.39 is 0 Å². The number of halogens is 2. The average molecular weight is 309 g/mol. The first kappa shape index (κ1) is 14.5. The Morgan fingerprint density at radius 3 is 3.00 bits per heavy atom. The Labute approximate surface area is 128 Å². The van der Waals surface area contributed by atoms with Crippen LogP contribution >= 0.6 is 11.6 Å². The van der Waals surface area contributed by atoms with Gasteiger partial charge < -0.3 is 0 Å². The van der Waals surface area contributed by atoms with Crippen molar-refractivity contribution in [1.29, 1.82) is 0 Å². The Bertz CT molecular complexity index is 608. The molecule has 6 heteroatoms. The molecule has 1 saturated heterocycles. The number of aromatic nitrogens is 3. The fraction of sp³-hybridized carbons (Fsp3) is 0.467. The van der Waals surface area contributed by atoms with Gasteiger partial charge in [-0.05, 0) is 38.6 Å². The minimum Gasteiger partial charge on any atom is -0.297 e. The standard InChI is InChI=1S/C15H18ClFN4/c1-20-8-3-2-7-14(20)15-18-10-19-21(15)9-11-12(16)5-4-6-13(11)17/h4-6,10,14H,2-3,7-9H2,1H3. The molecule has 1 aliphatic heterocycles. The van der Waals surface area contributed by atoms with Crippen molar-refractivity contribution in [3.05, 3.63) is 46.8 Å². The van der Waals surface area contributed by atoms with E-state index in [-0.39, 0.29) is 11.9 Å². The summed E-state index contributed by atoms with van der Waals surface area (Å²) in [5.74, 6) is 0.581. The fourth-order valence-corrected chi connectivity index (χ4v) is 3.11. The second-order valence-electron chi connectivity index (χ2n) is 5.47. The van der Waals surface area contributed by atoms with Crippen molar-refractivity contribution in [2.45, 2.75) is 31.8 Å². The van der Waals surface area contributed by atoms with Crippen LogP contribution in [0.1, 0.15) is 36.7 Å². The van der Waals surface area contributed by atoms with Crippen LogP contribution in [0.2, 0.25) is 5.02 Å². The van der Waals surface area contributed by atoms with E-state index in [9.17, 15) is 4.39 Å². The first-order valence-electron chi connectivity index (χ1n) is 7.17. The van der Waals surface area contributed by atoms with Gasteiger partial charge in [0, 0.05) is 10.6 Å². The maximum Gasteiger partial charge on any atom is 0.144 e. The van der Waals surface area contributed by atoms with Crippen molar-refractivity contribution >= 4 is 11.6 Å². The summed E-state index contributed by atoms with van der Waals surface area (Å²) >= 11 is 6.10. The minimum absolute atomic E-state index is 0.242. The molecule has 0 amide bonds. The van der Waals surface area contributed by atoms with Gasteiger partial charge >= 0.3 is 0 Å². The highest BCUT2D eigenvalue weighted by Crippen LogP contribution is 2.29. The molecule has 0 aliphatic carbocycles. The molecule has 0 N–H and O–H groups in total. The van der Waals surface area contributed by atoms with Crippen molar-refractivity contribution < 1.29 is 4.39 Å². The summed E-state index contributed by atoms with van der Waals surface area (Å²) in [5.41, 5.74) is 0.462. The molecule has 1 aliphatic rings. The van der Waals surface area contributed by atoms with Gasteiger partial charge in [0.2, 0.25) is 0 Å². The molecule has 0 saturated carbocycles. The van der Waals surface area contributed by atoms with Gasteiger partial charge in [0.1, 0.15) is 18.0 Å². The van der Waals surface area contributed by atoms with E-state index in [0.29, 0.717) is 17.1 Å². The van der Waals surface area contributed by atoms with Crippen molar-refractivity contribution in [2.75, 3.05) is 13.6 Å². The average Bonchev–Trinajstić information content (AvgIpc) is 2.92. The van der Waals surface area contributed by atoms with Crippen molar-refractivity contribution in [2.24, 2.45) is 0 Å². The SMILES string of the molecule is CN1CCCCC1c1ncnn1Cc1c(F)cccc1Cl. The molecular formula is C15H18ClFN4. The summed E-state index contributed by atoms with van der Waals surface area (Å²) in [6.45, 7) is 1.36. The molecule has 112 valence electrons. The van der Waals surface area contributed by atoms with Crippen LogP contribution in [0.3, 0.4) is 0 Å². The zero-order valence-electron chi connectivity index (χ0n) is 12.0. The van der Waals surface area contributed by atoms with Gasteiger partial charge in [0.25, 0.3) is 0 Å². The van der Waals surface area contributed by atoms with Crippen molar-refractivity contribution in [1.82, 2.24) is 19.7 Å². The van der Waals surface area contributed by atoms with Gasteiger partial charge in [0.15, 0.2) is 0 Å². The lowest BCUT2D eigenvalue weighted by molar-refractivity contribution is 0.174. The Balaban J connectivity index is 1.89. The smallest absolute Gasteiger partial charge is 0.144 e. The number of rotatable bonds is 3. The maximum absolute atomic E-state index is 13.9. The zero-order chi connectivity index (χ0) is 14.8. The fourth-order valence-electron chi connectivity index (χ4n) is 2.89. The monoisotopic (exact) mass is 308 g/mol. The maximum atomic E-state index is 13.9. The van der Waals surface area contributed by atoms with Gasteiger partial charge in [-0.2, -0.15) is 5.10 Å². The Kier molecular flexibility index (Phi) is 4.22. The number of hydrogen-bond donors (Lipinski definition) is 0. The second-order valence-corrected chi connectivity index (χ2v) is 5.88. The number of benzene rings is 1. The summed E-state index contributed by atoms with van der Waals surface area (Å²) < 4.78 is 15.7. The van der Waals surface area contributed by atoms with Crippen LogP contribution in [-0.4, -0.2) is 33.3 Å². The summed E-state index contributed by atoms with van der Waals surface area (Å²) in [7, 11) is 2.10.